The average molecular weight is 264 g/mol. The number of likely N-dealkylation sites (tertiary alicyclic amines) is 1. The summed E-state index contributed by atoms with van der Waals surface area (Å²) in [4.78, 5) is 2.24. The van der Waals surface area contributed by atoms with E-state index in [1.54, 1.807) is 7.11 Å². The Hall–Kier alpha value is -1.29. The van der Waals surface area contributed by atoms with E-state index in [4.69, 9.17) is 17.0 Å². The van der Waals surface area contributed by atoms with E-state index >= 15 is 0 Å². The number of aryl methyl sites for hydroxylation is 1. The van der Waals surface area contributed by atoms with Crippen molar-refractivity contribution in [2.75, 3.05) is 25.5 Å². The molecule has 0 atom stereocenters. The highest BCUT2D eigenvalue weighted by atomic mass is 32.1. The second-order valence-corrected chi connectivity index (χ2v) is 5.07. The number of ether oxygens (including phenoxy) is 1. The van der Waals surface area contributed by atoms with Gasteiger partial charge in [-0.2, -0.15) is 0 Å². The molecule has 0 aliphatic carbocycles. The minimum absolute atomic E-state index is 0.804. The lowest BCUT2D eigenvalue weighted by Crippen LogP contribution is -2.38. The first-order valence-corrected chi connectivity index (χ1v) is 6.82. The lowest BCUT2D eigenvalue weighted by Gasteiger charge is -2.29. The van der Waals surface area contributed by atoms with Gasteiger partial charge in [0.15, 0.2) is 5.11 Å². The van der Waals surface area contributed by atoms with E-state index in [-0.39, 0.29) is 0 Å². The molecule has 98 valence electrons. The van der Waals surface area contributed by atoms with Crippen molar-refractivity contribution in [1.29, 1.82) is 0 Å². The van der Waals surface area contributed by atoms with Crippen LogP contribution in [-0.4, -0.2) is 30.2 Å². The van der Waals surface area contributed by atoms with Crippen molar-refractivity contribution in [1.82, 2.24) is 4.90 Å². The van der Waals surface area contributed by atoms with Crippen LogP contribution in [0.2, 0.25) is 0 Å². The first kappa shape index (κ1) is 13.1. The summed E-state index contributed by atoms with van der Waals surface area (Å²) in [6.45, 7) is 4.18. The third kappa shape index (κ3) is 3.13. The highest BCUT2D eigenvalue weighted by Gasteiger charge is 2.14. The zero-order valence-corrected chi connectivity index (χ0v) is 11.8. The van der Waals surface area contributed by atoms with Crippen molar-refractivity contribution in [2.45, 2.75) is 26.2 Å². The van der Waals surface area contributed by atoms with E-state index in [1.165, 1.54) is 24.8 Å². The molecule has 0 aromatic heterocycles. The van der Waals surface area contributed by atoms with Gasteiger partial charge in [-0.25, -0.2) is 0 Å². The zero-order chi connectivity index (χ0) is 13.0. The maximum atomic E-state index is 5.47. The topological polar surface area (TPSA) is 24.5 Å². The SMILES string of the molecule is COc1ccc(C)cc1NC(=S)N1CCCCC1. The van der Waals surface area contributed by atoms with Crippen LogP contribution in [0, 0.1) is 6.92 Å². The second kappa shape index (κ2) is 6.05. The molecule has 4 heteroatoms. The molecule has 1 aliphatic heterocycles. The van der Waals surface area contributed by atoms with Crippen LogP contribution < -0.4 is 10.1 Å². The second-order valence-electron chi connectivity index (χ2n) is 4.68. The van der Waals surface area contributed by atoms with Crippen LogP contribution in [0.5, 0.6) is 5.75 Å². The fourth-order valence-corrected chi connectivity index (χ4v) is 2.50. The monoisotopic (exact) mass is 264 g/mol. The van der Waals surface area contributed by atoms with E-state index < -0.39 is 0 Å². The van der Waals surface area contributed by atoms with Crippen LogP contribution in [0.25, 0.3) is 0 Å². The Morgan fingerprint density at radius 3 is 2.67 bits per heavy atom. The van der Waals surface area contributed by atoms with Crippen LogP contribution in [0.4, 0.5) is 5.69 Å². The van der Waals surface area contributed by atoms with Gasteiger partial charge in [0.1, 0.15) is 5.75 Å². The molecule has 1 aromatic carbocycles. The molecule has 0 unspecified atom stereocenters. The molecular weight excluding hydrogens is 244 g/mol. The van der Waals surface area contributed by atoms with Gasteiger partial charge in [0.2, 0.25) is 0 Å². The molecule has 0 amide bonds. The van der Waals surface area contributed by atoms with Crippen LogP contribution in [0.1, 0.15) is 24.8 Å². The summed E-state index contributed by atoms with van der Waals surface area (Å²) in [5, 5.41) is 4.11. The Bertz CT molecular complexity index is 428. The number of thiocarbonyl (C=S) groups is 1. The first-order chi connectivity index (χ1) is 8.70. The highest BCUT2D eigenvalue weighted by molar-refractivity contribution is 7.80. The standard InChI is InChI=1S/C14H20N2OS/c1-11-6-7-13(17-2)12(10-11)15-14(18)16-8-4-3-5-9-16/h6-7,10H,3-5,8-9H2,1-2H3,(H,15,18). The van der Waals surface area contributed by atoms with Crippen molar-refractivity contribution >= 4 is 23.0 Å². The molecule has 1 aliphatic rings. The molecule has 1 fully saturated rings. The Balaban J connectivity index is 2.07. The normalized spacial score (nSPS) is 15.3. The van der Waals surface area contributed by atoms with Gasteiger partial charge in [-0.1, -0.05) is 6.07 Å². The lowest BCUT2D eigenvalue weighted by molar-refractivity contribution is 0.346. The minimum atomic E-state index is 0.804. The molecule has 3 nitrogen and oxygen atoms in total. The number of hydrogen-bond donors (Lipinski definition) is 1. The molecule has 0 spiro atoms. The van der Waals surface area contributed by atoms with Gasteiger partial charge < -0.3 is 15.0 Å². The summed E-state index contributed by atoms with van der Waals surface area (Å²) < 4.78 is 5.35. The number of nitrogens with one attached hydrogen (secondary N) is 1. The maximum Gasteiger partial charge on any atom is 0.173 e. The quantitative estimate of drug-likeness (QED) is 0.829. The molecule has 1 N–H and O–H groups in total. The zero-order valence-electron chi connectivity index (χ0n) is 11.0. The molecule has 18 heavy (non-hydrogen) atoms. The highest BCUT2D eigenvalue weighted by Crippen LogP contribution is 2.25. The maximum absolute atomic E-state index is 5.47. The van der Waals surface area contributed by atoms with Gasteiger partial charge in [-0.05, 0) is 56.1 Å². The summed E-state index contributed by atoms with van der Waals surface area (Å²) in [7, 11) is 1.68. The first-order valence-electron chi connectivity index (χ1n) is 6.41. The van der Waals surface area contributed by atoms with Crippen molar-refractivity contribution < 1.29 is 4.74 Å². The Morgan fingerprint density at radius 1 is 1.28 bits per heavy atom. The summed E-state index contributed by atoms with van der Waals surface area (Å²) >= 11 is 5.47. The van der Waals surface area contributed by atoms with Crippen LogP contribution in [-0.2, 0) is 0 Å². The largest absolute Gasteiger partial charge is 0.495 e. The molecular formula is C14H20N2OS. The number of benzene rings is 1. The van der Waals surface area contributed by atoms with E-state index in [0.29, 0.717) is 0 Å². The van der Waals surface area contributed by atoms with Crippen LogP contribution >= 0.6 is 12.2 Å². The van der Waals surface area contributed by atoms with Gasteiger partial charge in [0, 0.05) is 13.1 Å². The predicted octanol–water partition coefficient (Wildman–Crippen LogP) is 3.19. The van der Waals surface area contributed by atoms with Crippen molar-refractivity contribution in [3.8, 4) is 5.75 Å². The fourth-order valence-electron chi connectivity index (χ4n) is 2.21. The summed E-state index contributed by atoms with van der Waals surface area (Å²) in [5.74, 6) is 0.833. The molecule has 1 heterocycles. The Labute approximate surface area is 114 Å². The van der Waals surface area contributed by atoms with E-state index in [1.807, 2.05) is 12.1 Å². The van der Waals surface area contributed by atoms with Crippen molar-refractivity contribution in [3.63, 3.8) is 0 Å². The number of rotatable bonds is 2. The number of methoxy groups -OCH3 is 1. The Morgan fingerprint density at radius 2 is 2.00 bits per heavy atom. The molecule has 1 aromatic rings. The number of anilines is 1. The minimum Gasteiger partial charge on any atom is -0.495 e. The predicted molar refractivity (Wildman–Crippen MR) is 79.4 cm³/mol. The molecule has 0 bridgehead atoms. The molecule has 0 saturated carbocycles. The van der Waals surface area contributed by atoms with E-state index in [0.717, 1.165) is 29.6 Å². The third-order valence-corrected chi connectivity index (χ3v) is 3.60. The fraction of sp³-hybridized carbons (Fsp3) is 0.500. The van der Waals surface area contributed by atoms with Crippen molar-refractivity contribution in [3.05, 3.63) is 23.8 Å². The molecule has 0 radical (unpaired) electrons. The smallest absolute Gasteiger partial charge is 0.173 e. The number of piperidine rings is 1. The molecule has 1 saturated heterocycles. The third-order valence-electron chi connectivity index (χ3n) is 3.24. The Kier molecular flexibility index (Phi) is 4.42. The van der Waals surface area contributed by atoms with Gasteiger partial charge in [-0.15, -0.1) is 0 Å². The average Bonchev–Trinajstić information content (AvgIpc) is 2.40. The van der Waals surface area contributed by atoms with E-state index in [2.05, 4.69) is 23.2 Å². The van der Waals surface area contributed by atoms with Crippen LogP contribution in [0.15, 0.2) is 18.2 Å². The summed E-state index contributed by atoms with van der Waals surface area (Å²) in [6, 6.07) is 6.07. The van der Waals surface area contributed by atoms with Gasteiger partial charge in [0.25, 0.3) is 0 Å². The number of nitrogens with zero attached hydrogens (tertiary/aromatic N) is 1. The van der Waals surface area contributed by atoms with Gasteiger partial charge in [0.05, 0.1) is 12.8 Å². The molecule has 2 rings (SSSR count). The lowest BCUT2D eigenvalue weighted by atomic mass is 10.1. The van der Waals surface area contributed by atoms with E-state index in [9.17, 15) is 0 Å². The van der Waals surface area contributed by atoms with Crippen LogP contribution in [0.3, 0.4) is 0 Å². The number of hydrogen-bond acceptors (Lipinski definition) is 2. The van der Waals surface area contributed by atoms with Crippen molar-refractivity contribution in [2.24, 2.45) is 0 Å². The summed E-state index contributed by atoms with van der Waals surface area (Å²) in [6.07, 6.45) is 3.77. The summed E-state index contributed by atoms with van der Waals surface area (Å²) in [5.41, 5.74) is 2.15. The van der Waals surface area contributed by atoms with Gasteiger partial charge >= 0.3 is 0 Å². The van der Waals surface area contributed by atoms with Gasteiger partial charge in [-0.3, -0.25) is 0 Å².